The van der Waals surface area contributed by atoms with Crippen LogP contribution in [0.2, 0.25) is 0 Å². The highest BCUT2D eigenvalue weighted by Gasteiger charge is 2.15. The van der Waals surface area contributed by atoms with E-state index in [1.165, 1.54) is 12.1 Å². The zero-order chi connectivity index (χ0) is 14.0. The predicted octanol–water partition coefficient (Wildman–Crippen LogP) is 3.40. The van der Waals surface area contributed by atoms with Gasteiger partial charge in [0, 0.05) is 11.6 Å². The van der Waals surface area contributed by atoms with E-state index >= 15 is 0 Å². The van der Waals surface area contributed by atoms with Crippen LogP contribution in [0.1, 0.15) is 25.1 Å². The van der Waals surface area contributed by atoms with Crippen molar-refractivity contribution < 1.29 is 13.7 Å². The van der Waals surface area contributed by atoms with Gasteiger partial charge >= 0.3 is 0 Å². The molecule has 19 heavy (non-hydrogen) atoms. The van der Waals surface area contributed by atoms with Crippen LogP contribution in [0.5, 0.6) is 0 Å². The first kappa shape index (κ1) is 13.2. The Bertz CT molecular complexity index is 610. The molecule has 2 rings (SSSR count). The molecular formula is C13H13FN2O3. The monoisotopic (exact) mass is 264 g/mol. The molecule has 1 atom stereocenters. The molecule has 0 saturated carbocycles. The molecule has 0 spiro atoms. The summed E-state index contributed by atoms with van der Waals surface area (Å²) in [6.07, 6.45) is 0.705. The third kappa shape index (κ3) is 2.79. The smallest absolute Gasteiger partial charge is 0.273 e. The van der Waals surface area contributed by atoms with Crippen molar-refractivity contribution in [2.45, 2.75) is 19.4 Å². The first-order valence-corrected chi connectivity index (χ1v) is 5.82. The van der Waals surface area contributed by atoms with Crippen LogP contribution in [-0.2, 0) is 0 Å². The predicted molar refractivity (Wildman–Crippen MR) is 68.0 cm³/mol. The Labute approximate surface area is 109 Å². The van der Waals surface area contributed by atoms with Crippen LogP contribution >= 0.6 is 0 Å². The first-order valence-electron chi connectivity index (χ1n) is 5.82. The van der Waals surface area contributed by atoms with Gasteiger partial charge in [0.2, 0.25) is 0 Å². The van der Waals surface area contributed by atoms with E-state index in [-0.39, 0.29) is 11.7 Å². The first-order chi connectivity index (χ1) is 9.01. The van der Waals surface area contributed by atoms with Gasteiger partial charge < -0.3 is 10.2 Å². The van der Waals surface area contributed by atoms with Crippen LogP contribution in [-0.4, -0.2) is 4.92 Å². The van der Waals surface area contributed by atoms with E-state index in [9.17, 15) is 14.5 Å². The molecule has 0 aliphatic rings. The molecule has 0 fully saturated rings. The SMILES string of the molecule is CCC(N)c1ccc(-c2cc(F)cc([N+](=O)[O-])c2)o1. The van der Waals surface area contributed by atoms with Gasteiger partial charge in [0.15, 0.2) is 0 Å². The minimum atomic E-state index is -0.679. The molecule has 6 heteroatoms. The Morgan fingerprint density at radius 2 is 2.16 bits per heavy atom. The topological polar surface area (TPSA) is 82.3 Å². The van der Waals surface area contributed by atoms with Gasteiger partial charge in [-0.2, -0.15) is 0 Å². The Morgan fingerprint density at radius 1 is 1.42 bits per heavy atom. The summed E-state index contributed by atoms with van der Waals surface area (Å²) >= 11 is 0. The fourth-order valence-corrected chi connectivity index (χ4v) is 1.73. The molecule has 1 aromatic carbocycles. The number of nitro benzene ring substituents is 1. The molecule has 0 aliphatic carbocycles. The van der Waals surface area contributed by atoms with Crippen molar-refractivity contribution in [2.75, 3.05) is 0 Å². The molecule has 100 valence electrons. The zero-order valence-electron chi connectivity index (χ0n) is 10.3. The summed E-state index contributed by atoms with van der Waals surface area (Å²) in [6.45, 7) is 1.92. The second kappa shape index (κ2) is 5.19. The fourth-order valence-electron chi connectivity index (χ4n) is 1.73. The van der Waals surface area contributed by atoms with Gasteiger partial charge in [-0.1, -0.05) is 6.92 Å². The van der Waals surface area contributed by atoms with Crippen LogP contribution in [0, 0.1) is 15.9 Å². The number of nitrogens with zero attached hydrogens (tertiary/aromatic N) is 1. The molecular weight excluding hydrogens is 251 g/mol. The molecule has 1 aromatic heterocycles. The van der Waals surface area contributed by atoms with E-state index < -0.39 is 10.7 Å². The highest BCUT2D eigenvalue weighted by Crippen LogP contribution is 2.29. The molecule has 0 radical (unpaired) electrons. The van der Waals surface area contributed by atoms with E-state index in [0.717, 1.165) is 6.07 Å². The fraction of sp³-hybridized carbons (Fsp3) is 0.231. The number of nitro groups is 1. The number of furan rings is 1. The third-order valence-electron chi connectivity index (χ3n) is 2.81. The van der Waals surface area contributed by atoms with E-state index in [1.54, 1.807) is 12.1 Å². The lowest BCUT2D eigenvalue weighted by molar-refractivity contribution is -0.385. The van der Waals surface area contributed by atoms with Crippen LogP contribution in [0.15, 0.2) is 34.7 Å². The van der Waals surface area contributed by atoms with Crippen molar-refractivity contribution in [2.24, 2.45) is 5.73 Å². The van der Waals surface area contributed by atoms with Crippen molar-refractivity contribution in [1.82, 2.24) is 0 Å². The highest BCUT2D eigenvalue weighted by atomic mass is 19.1. The van der Waals surface area contributed by atoms with Gasteiger partial charge in [0.05, 0.1) is 17.0 Å². The third-order valence-corrected chi connectivity index (χ3v) is 2.81. The van der Waals surface area contributed by atoms with Crippen LogP contribution in [0.25, 0.3) is 11.3 Å². The van der Waals surface area contributed by atoms with Crippen LogP contribution < -0.4 is 5.73 Å². The minimum Gasteiger partial charge on any atom is -0.459 e. The number of benzene rings is 1. The highest BCUT2D eigenvalue weighted by molar-refractivity contribution is 5.61. The molecule has 1 unspecified atom stereocenters. The quantitative estimate of drug-likeness (QED) is 0.677. The van der Waals surface area contributed by atoms with Gasteiger partial charge in [-0.15, -0.1) is 0 Å². The van der Waals surface area contributed by atoms with Crippen molar-refractivity contribution in [3.05, 3.63) is 52.0 Å². The van der Waals surface area contributed by atoms with Crippen LogP contribution in [0.4, 0.5) is 10.1 Å². The number of non-ortho nitro benzene ring substituents is 1. The molecule has 0 amide bonds. The second-order valence-corrected chi connectivity index (χ2v) is 4.17. The molecule has 5 nitrogen and oxygen atoms in total. The average Bonchev–Trinajstić information content (AvgIpc) is 2.86. The lowest BCUT2D eigenvalue weighted by Gasteiger charge is -2.04. The largest absolute Gasteiger partial charge is 0.459 e. The number of nitrogens with two attached hydrogens (primary N) is 1. The van der Waals surface area contributed by atoms with Gasteiger partial charge in [-0.25, -0.2) is 4.39 Å². The van der Waals surface area contributed by atoms with E-state index in [0.29, 0.717) is 23.5 Å². The maximum atomic E-state index is 13.3. The van der Waals surface area contributed by atoms with Crippen molar-refractivity contribution >= 4 is 5.69 Å². The normalized spacial score (nSPS) is 12.4. The van der Waals surface area contributed by atoms with Crippen molar-refractivity contribution in [3.8, 4) is 11.3 Å². The minimum absolute atomic E-state index is 0.239. The molecule has 1 heterocycles. The molecule has 2 N–H and O–H groups in total. The summed E-state index contributed by atoms with van der Waals surface area (Å²) in [5.74, 6) is 0.257. The summed E-state index contributed by atoms with van der Waals surface area (Å²) < 4.78 is 18.8. The average molecular weight is 264 g/mol. The molecule has 0 bridgehead atoms. The van der Waals surface area contributed by atoms with Crippen molar-refractivity contribution in [1.29, 1.82) is 0 Å². The number of hydrogen-bond acceptors (Lipinski definition) is 4. The standard InChI is InChI=1S/C13H13FN2O3/c1-2-11(15)13-4-3-12(19-13)8-5-9(14)7-10(6-8)16(17)18/h3-7,11H,2,15H2,1H3. The Balaban J connectivity index is 2.41. The zero-order valence-corrected chi connectivity index (χ0v) is 10.3. The maximum absolute atomic E-state index is 13.3. The van der Waals surface area contributed by atoms with Crippen molar-refractivity contribution in [3.63, 3.8) is 0 Å². The summed E-state index contributed by atoms with van der Waals surface area (Å²) in [4.78, 5) is 10.0. The summed E-state index contributed by atoms with van der Waals surface area (Å²) in [7, 11) is 0. The van der Waals surface area contributed by atoms with Gasteiger partial charge in [0.1, 0.15) is 17.3 Å². The maximum Gasteiger partial charge on any atom is 0.273 e. The number of rotatable bonds is 4. The number of halogens is 1. The number of hydrogen-bond donors (Lipinski definition) is 1. The summed E-state index contributed by atoms with van der Waals surface area (Å²) in [5.41, 5.74) is 5.83. The molecule has 0 saturated heterocycles. The van der Waals surface area contributed by atoms with Gasteiger partial charge in [-0.3, -0.25) is 10.1 Å². The lowest BCUT2D eigenvalue weighted by atomic mass is 10.1. The Morgan fingerprint density at radius 3 is 2.79 bits per heavy atom. The van der Waals surface area contributed by atoms with Gasteiger partial charge in [0.25, 0.3) is 5.69 Å². The Hall–Kier alpha value is -2.21. The molecule has 2 aromatic rings. The summed E-state index contributed by atoms with van der Waals surface area (Å²) in [6, 6.07) is 6.41. The van der Waals surface area contributed by atoms with E-state index in [4.69, 9.17) is 10.2 Å². The van der Waals surface area contributed by atoms with Crippen LogP contribution in [0.3, 0.4) is 0 Å². The van der Waals surface area contributed by atoms with E-state index in [2.05, 4.69) is 0 Å². The lowest BCUT2D eigenvalue weighted by Crippen LogP contribution is -2.06. The molecule has 0 aliphatic heterocycles. The van der Waals surface area contributed by atoms with Gasteiger partial charge in [-0.05, 0) is 24.6 Å². The Kier molecular flexibility index (Phi) is 3.62. The summed E-state index contributed by atoms with van der Waals surface area (Å²) in [5, 5.41) is 10.7. The second-order valence-electron chi connectivity index (χ2n) is 4.17. The van der Waals surface area contributed by atoms with E-state index in [1.807, 2.05) is 6.92 Å².